The molecule has 1 aromatic rings. The number of esters is 1. The molecule has 1 amide bonds. The number of carbonyl (C=O) groups is 2. The topological polar surface area (TPSA) is 55.4 Å². The van der Waals surface area contributed by atoms with E-state index in [-0.39, 0.29) is 12.5 Å². The second-order valence-electron chi connectivity index (χ2n) is 4.31. The van der Waals surface area contributed by atoms with E-state index in [2.05, 4.69) is 5.32 Å². The summed E-state index contributed by atoms with van der Waals surface area (Å²) >= 11 is 0. The summed E-state index contributed by atoms with van der Waals surface area (Å²) in [6, 6.07) is 5.75. The minimum Gasteiger partial charge on any atom is -0.452 e. The van der Waals surface area contributed by atoms with Crippen LogP contribution in [0.3, 0.4) is 0 Å². The van der Waals surface area contributed by atoms with Crippen molar-refractivity contribution in [3.8, 4) is 0 Å². The lowest BCUT2D eigenvalue weighted by atomic mass is 10.1. The van der Waals surface area contributed by atoms with Gasteiger partial charge in [0.2, 0.25) is 0 Å². The van der Waals surface area contributed by atoms with Crippen LogP contribution < -0.4 is 5.32 Å². The minimum atomic E-state index is -0.542. The Labute approximate surface area is 119 Å². The highest BCUT2D eigenvalue weighted by Gasteiger charge is 2.08. The van der Waals surface area contributed by atoms with Crippen molar-refractivity contribution in [2.24, 2.45) is 0 Å². The molecule has 4 nitrogen and oxygen atoms in total. The fourth-order valence-electron chi connectivity index (χ4n) is 1.62. The fraction of sp³-hybridized carbons (Fsp3) is 0.250. The number of ether oxygens (including phenoxy) is 1. The molecule has 0 spiro atoms. The molecule has 0 unspecified atom stereocenters. The molecule has 4 heteroatoms. The number of para-hydroxylation sites is 1. The molecule has 20 heavy (non-hydrogen) atoms. The fourth-order valence-corrected chi connectivity index (χ4v) is 1.62. The molecule has 0 aliphatic carbocycles. The van der Waals surface area contributed by atoms with Gasteiger partial charge >= 0.3 is 5.97 Å². The first-order chi connectivity index (χ1) is 9.54. The Hall–Kier alpha value is -2.36. The Morgan fingerprint density at radius 3 is 2.45 bits per heavy atom. The standard InChI is InChI=1S/C16H19NO3/c1-4-5-6-10-15(19)20-11-14(18)17-16-12(2)8-7-9-13(16)3/h4-10H,11H2,1-3H3,(H,17,18)/b5-4+,10-6+. The molecule has 0 aromatic heterocycles. The number of carbonyl (C=O) groups excluding carboxylic acids is 2. The summed E-state index contributed by atoms with van der Waals surface area (Å²) in [5, 5.41) is 2.75. The number of nitrogens with one attached hydrogen (secondary N) is 1. The number of rotatable bonds is 5. The zero-order chi connectivity index (χ0) is 15.0. The second kappa shape index (κ2) is 7.94. The highest BCUT2D eigenvalue weighted by molar-refractivity contribution is 5.95. The van der Waals surface area contributed by atoms with Crippen LogP contribution in [0.15, 0.2) is 42.5 Å². The van der Waals surface area contributed by atoms with Crippen LogP contribution in [0.1, 0.15) is 18.1 Å². The van der Waals surface area contributed by atoms with E-state index in [1.165, 1.54) is 6.08 Å². The van der Waals surface area contributed by atoms with Crippen LogP contribution in [0.5, 0.6) is 0 Å². The third-order valence-corrected chi connectivity index (χ3v) is 2.63. The van der Waals surface area contributed by atoms with Crippen LogP contribution >= 0.6 is 0 Å². The Balaban J connectivity index is 2.50. The van der Waals surface area contributed by atoms with Crippen molar-refractivity contribution in [1.29, 1.82) is 0 Å². The lowest BCUT2D eigenvalue weighted by Crippen LogP contribution is -2.21. The van der Waals surface area contributed by atoms with Gasteiger partial charge in [-0.1, -0.05) is 36.4 Å². The van der Waals surface area contributed by atoms with Gasteiger partial charge in [0.05, 0.1) is 0 Å². The highest BCUT2D eigenvalue weighted by Crippen LogP contribution is 2.19. The summed E-state index contributed by atoms with van der Waals surface area (Å²) in [5.74, 6) is -0.894. The summed E-state index contributed by atoms with van der Waals surface area (Å²) in [6.45, 7) is 5.36. The molecule has 1 aromatic carbocycles. The third-order valence-electron chi connectivity index (χ3n) is 2.63. The van der Waals surface area contributed by atoms with E-state index in [4.69, 9.17) is 4.74 Å². The SMILES string of the molecule is C/C=C/C=C/C(=O)OCC(=O)Nc1c(C)cccc1C. The Kier molecular flexibility index (Phi) is 6.23. The normalized spacial score (nSPS) is 10.9. The molecule has 1 N–H and O–H groups in total. The van der Waals surface area contributed by atoms with E-state index in [1.54, 1.807) is 18.2 Å². The predicted octanol–water partition coefficient (Wildman–Crippen LogP) is 2.92. The first-order valence-electron chi connectivity index (χ1n) is 6.36. The quantitative estimate of drug-likeness (QED) is 0.510. The van der Waals surface area contributed by atoms with Gasteiger partial charge in [0.1, 0.15) is 0 Å². The van der Waals surface area contributed by atoms with Crippen molar-refractivity contribution in [3.63, 3.8) is 0 Å². The molecule has 0 heterocycles. The van der Waals surface area contributed by atoms with E-state index >= 15 is 0 Å². The Morgan fingerprint density at radius 1 is 1.20 bits per heavy atom. The lowest BCUT2D eigenvalue weighted by Gasteiger charge is -2.11. The third kappa shape index (κ3) is 5.10. The van der Waals surface area contributed by atoms with Crippen molar-refractivity contribution in [1.82, 2.24) is 0 Å². The Bertz CT molecular complexity index is 524. The number of benzene rings is 1. The molecule has 0 atom stereocenters. The molecule has 0 aliphatic heterocycles. The molecule has 0 saturated heterocycles. The minimum absolute atomic E-state index is 0.299. The van der Waals surface area contributed by atoms with Gasteiger partial charge in [0.15, 0.2) is 6.61 Å². The number of anilines is 1. The summed E-state index contributed by atoms with van der Waals surface area (Å²) in [7, 11) is 0. The van der Waals surface area contributed by atoms with Gasteiger partial charge in [-0.3, -0.25) is 4.79 Å². The van der Waals surface area contributed by atoms with Crippen molar-refractivity contribution in [2.75, 3.05) is 11.9 Å². The first-order valence-corrected chi connectivity index (χ1v) is 6.36. The molecule has 0 radical (unpaired) electrons. The van der Waals surface area contributed by atoms with Gasteiger partial charge in [-0.25, -0.2) is 4.79 Å². The molecular formula is C16H19NO3. The van der Waals surface area contributed by atoms with E-state index in [0.717, 1.165) is 16.8 Å². The molecule has 1 rings (SSSR count). The van der Waals surface area contributed by atoms with Crippen LogP contribution in [-0.2, 0) is 14.3 Å². The van der Waals surface area contributed by atoms with Gasteiger partial charge < -0.3 is 10.1 Å². The van der Waals surface area contributed by atoms with Gasteiger partial charge in [0, 0.05) is 11.8 Å². The molecular weight excluding hydrogens is 254 g/mol. The lowest BCUT2D eigenvalue weighted by molar-refractivity contribution is -0.142. The summed E-state index contributed by atoms with van der Waals surface area (Å²) in [4.78, 5) is 23.0. The van der Waals surface area contributed by atoms with E-state index in [0.29, 0.717) is 0 Å². The first kappa shape index (κ1) is 15.7. The largest absolute Gasteiger partial charge is 0.452 e. The smallest absolute Gasteiger partial charge is 0.331 e. The van der Waals surface area contributed by atoms with Gasteiger partial charge in [0.25, 0.3) is 5.91 Å². The van der Waals surface area contributed by atoms with E-state index < -0.39 is 5.97 Å². The monoisotopic (exact) mass is 273 g/mol. The van der Waals surface area contributed by atoms with Crippen LogP contribution in [0.4, 0.5) is 5.69 Å². The maximum atomic E-state index is 11.7. The summed E-state index contributed by atoms with van der Waals surface area (Å²) < 4.78 is 4.83. The predicted molar refractivity (Wildman–Crippen MR) is 79.5 cm³/mol. The number of allylic oxidation sites excluding steroid dienone is 3. The zero-order valence-corrected chi connectivity index (χ0v) is 12.0. The van der Waals surface area contributed by atoms with Crippen molar-refractivity contribution >= 4 is 17.6 Å². The number of aryl methyl sites for hydroxylation is 2. The molecule has 0 saturated carbocycles. The Morgan fingerprint density at radius 2 is 1.85 bits per heavy atom. The van der Waals surface area contributed by atoms with E-state index in [1.807, 2.05) is 39.0 Å². The second-order valence-corrected chi connectivity index (χ2v) is 4.31. The summed E-state index contributed by atoms with van der Waals surface area (Å²) in [5.41, 5.74) is 2.70. The molecule has 0 bridgehead atoms. The molecule has 0 fully saturated rings. The molecule has 0 aliphatic rings. The van der Waals surface area contributed by atoms with Gasteiger partial charge in [-0.05, 0) is 31.9 Å². The number of hydrogen-bond donors (Lipinski definition) is 1. The molecule has 106 valence electrons. The van der Waals surface area contributed by atoms with Crippen LogP contribution in [0.2, 0.25) is 0 Å². The number of amides is 1. The van der Waals surface area contributed by atoms with Crippen molar-refractivity contribution in [3.05, 3.63) is 53.6 Å². The van der Waals surface area contributed by atoms with Gasteiger partial charge in [-0.15, -0.1) is 0 Å². The summed E-state index contributed by atoms with van der Waals surface area (Å²) in [6.07, 6.45) is 6.33. The number of hydrogen-bond acceptors (Lipinski definition) is 3. The maximum absolute atomic E-state index is 11.7. The zero-order valence-electron chi connectivity index (χ0n) is 12.0. The van der Waals surface area contributed by atoms with Gasteiger partial charge in [-0.2, -0.15) is 0 Å². The highest BCUT2D eigenvalue weighted by atomic mass is 16.5. The van der Waals surface area contributed by atoms with Crippen LogP contribution in [-0.4, -0.2) is 18.5 Å². The average Bonchev–Trinajstić information content (AvgIpc) is 2.41. The van der Waals surface area contributed by atoms with E-state index in [9.17, 15) is 9.59 Å². The van der Waals surface area contributed by atoms with Crippen molar-refractivity contribution < 1.29 is 14.3 Å². The van der Waals surface area contributed by atoms with Crippen molar-refractivity contribution in [2.45, 2.75) is 20.8 Å². The maximum Gasteiger partial charge on any atom is 0.331 e. The van der Waals surface area contributed by atoms with Crippen LogP contribution in [0.25, 0.3) is 0 Å². The van der Waals surface area contributed by atoms with Crippen LogP contribution in [0, 0.1) is 13.8 Å². The average molecular weight is 273 g/mol.